The molecule has 0 radical (unpaired) electrons. The molecule has 0 aromatic heterocycles. The van der Waals surface area contributed by atoms with Gasteiger partial charge >= 0.3 is 0 Å². The van der Waals surface area contributed by atoms with E-state index >= 15 is 0 Å². The van der Waals surface area contributed by atoms with E-state index in [-0.39, 0.29) is 0 Å². The van der Waals surface area contributed by atoms with E-state index in [1.165, 1.54) is 37.9 Å². The highest BCUT2D eigenvalue weighted by Gasteiger charge is 2.23. The van der Waals surface area contributed by atoms with Crippen LogP contribution in [0, 0.1) is 0 Å². The van der Waals surface area contributed by atoms with Crippen molar-refractivity contribution < 1.29 is 4.74 Å². The molecule has 4 heteroatoms. The van der Waals surface area contributed by atoms with Crippen molar-refractivity contribution in [1.82, 2.24) is 10.2 Å². The van der Waals surface area contributed by atoms with Crippen LogP contribution in [0.2, 0.25) is 5.02 Å². The summed E-state index contributed by atoms with van der Waals surface area (Å²) in [5.74, 6) is 0. The second-order valence-corrected chi connectivity index (χ2v) is 6.90. The van der Waals surface area contributed by atoms with Crippen LogP contribution < -0.4 is 5.32 Å². The first kappa shape index (κ1) is 16.3. The fourth-order valence-electron chi connectivity index (χ4n) is 3.55. The van der Waals surface area contributed by atoms with E-state index in [4.69, 9.17) is 16.3 Å². The first-order chi connectivity index (χ1) is 10.8. The van der Waals surface area contributed by atoms with Crippen LogP contribution >= 0.6 is 11.6 Å². The number of rotatable bonds is 5. The zero-order valence-electron chi connectivity index (χ0n) is 13.3. The van der Waals surface area contributed by atoms with Crippen LogP contribution in [0.1, 0.15) is 43.7 Å². The van der Waals surface area contributed by atoms with Crippen LogP contribution in [-0.4, -0.2) is 43.8 Å². The molecule has 0 amide bonds. The summed E-state index contributed by atoms with van der Waals surface area (Å²) in [6.07, 6.45) is 6.28. The lowest BCUT2D eigenvalue weighted by Gasteiger charge is -2.36. The molecule has 1 aromatic rings. The average Bonchev–Trinajstić information content (AvgIpc) is 2.58. The molecule has 122 valence electrons. The molecular weight excluding hydrogens is 296 g/mol. The van der Waals surface area contributed by atoms with E-state index in [0.717, 1.165) is 37.6 Å². The predicted octanol–water partition coefficient (Wildman–Crippen LogP) is 3.64. The Balaban J connectivity index is 1.66. The van der Waals surface area contributed by atoms with Gasteiger partial charge in [-0.2, -0.15) is 0 Å². The van der Waals surface area contributed by atoms with Crippen molar-refractivity contribution >= 4 is 11.6 Å². The minimum atomic E-state index is 0.459. The topological polar surface area (TPSA) is 24.5 Å². The molecule has 0 aliphatic carbocycles. The van der Waals surface area contributed by atoms with Crippen LogP contribution in [0.15, 0.2) is 24.3 Å². The molecule has 2 aliphatic rings. The summed E-state index contributed by atoms with van der Waals surface area (Å²) in [6.45, 7) is 5.23. The zero-order valence-corrected chi connectivity index (χ0v) is 14.0. The maximum Gasteiger partial charge on any atom is 0.0480 e. The molecule has 2 saturated heterocycles. The molecular formula is C18H27ClN2O. The Labute approximate surface area is 139 Å². The molecule has 0 unspecified atom stereocenters. The molecule has 3 nitrogen and oxygen atoms in total. The van der Waals surface area contributed by atoms with Crippen LogP contribution in [-0.2, 0) is 4.74 Å². The van der Waals surface area contributed by atoms with Crippen molar-refractivity contribution in [3.05, 3.63) is 34.9 Å². The average molecular weight is 323 g/mol. The highest BCUT2D eigenvalue weighted by molar-refractivity contribution is 6.30. The van der Waals surface area contributed by atoms with Gasteiger partial charge in [-0.25, -0.2) is 0 Å². The van der Waals surface area contributed by atoms with Gasteiger partial charge in [-0.15, -0.1) is 0 Å². The first-order valence-corrected chi connectivity index (χ1v) is 9.01. The van der Waals surface area contributed by atoms with Gasteiger partial charge in [0.2, 0.25) is 0 Å². The van der Waals surface area contributed by atoms with Crippen LogP contribution in [0.3, 0.4) is 0 Å². The third-order valence-electron chi connectivity index (χ3n) is 4.91. The van der Waals surface area contributed by atoms with Crippen molar-refractivity contribution in [3.8, 4) is 0 Å². The number of hydrogen-bond acceptors (Lipinski definition) is 3. The number of nitrogens with zero attached hydrogens (tertiary/aromatic N) is 1. The standard InChI is InChI=1S/C18H27ClN2O/c19-16-6-4-15(5-7-16)18(21-10-2-1-3-11-21)14-20-17-8-12-22-13-9-17/h4-7,17-18,20H,1-3,8-14H2/t18-/m0/s1. The third-order valence-corrected chi connectivity index (χ3v) is 5.16. The Morgan fingerprint density at radius 3 is 2.45 bits per heavy atom. The van der Waals surface area contributed by atoms with E-state index in [1.807, 2.05) is 12.1 Å². The second-order valence-electron chi connectivity index (χ2n) is 6.46. The van der Waals surface area contributed by atoms with Gasteiger partial charge in [0.05, 0.1) is 0 Å². The number of nitrogens with one attached hydrogen (secondary N) is 1. The fraction of sp³-hybridized carbons (Fsp3) is 0.667. The molecule has 22 heavy (non-hydrogen) atoms. The van der Waals surface area contributed by atoms with E-state index in [1.54, 1.807) is 0 Å². The summed E-state index contributed by atoms with van der Waals surface area (Å²) in [5.41, 5.74) is 1.38. The Bertz CT molecular complexity index is 439. The number of hydrogen-bond donors (Lipinski definition) is 1. The molecule has 1 aromatic carbocycles. The van der Waals surface area contributed by atoms with E-state index in [2.05, 4.69) is 22.3 Å². The van der Waals surface area contributed by atoms with Crippen LogP contribution in [0.4, 0.5) is 0 Å². The van der Waals surface area contributed by atoms with Crippen molar-refractivity contribution in [2.45, 2.75) is 44.2 Å². The van der Waals surface area contributed by atoms with Crippen molar-refractivity contribution in [2.75, 3.05) is 32.8 Å². The highest BCUT2D eigenvalue weighted by Crippen LogP contribution is 2.25. The van der Waals surface area contributed by atoms with Gasteiger partial charge in [0, 0.05) is 36.9 Å². The Morgan fingerprint density at radius 1 is 1.09 bits per heavy atom. The maximum absolute atomic E-state index is 6.06. The van der Waals surface area contributed by atoms with Gasteiger partial charge in [0.15, 0.2) is 0 Å². The predicted molar refractivity (Wildman–Crippen MR) is 91.5 cm³/mol. The smallest absolute Gasteiger partial charge is 0.0480 e. The summed E-state index contributed by atoms with van der Waals surface area (Å²) in [4.78, 5) is 2.64. The van der Waals surface area contributed by atoms with Gasteiger partial charge in [-0.1, -0.05) is 30.2 Å². The second kappa shape index (κ2) is 8.30. The molecule has 2 heterocycles. The molecule has 1 atom stereocenters. The normalized spacial score (nSPS) is 22.6. The maximum atomic E-state index is 6.06. The fourth-order valence-corrected chi connectivity index (χ4v) is 3.68. The molecule has 2 aliphatic heterocycles. The van der Waals surface area contributed by atoms with Crippen molar-refractivity contribution in [2.24, 2.45) is 0 Å². The monoisotopic (exact) mass is 322 g/mol. The van der Waals surface area contributed by atoms with E-state index in [0.29, 0.717) is 12.1 Å². The third kappa shape index (κ3) is 4.45. The Kier molecular flexibility index (Phi) is 6.13. The highest BCUT2D eigenvalue weighted by atomic mass is 35.5. The molecule has 0 saturated carbocycles. The summed E-state index contributed by atoms with van der Waals surface area (Å²) in [7, 11) is 0. The summed E-state index contributed by atoms with van der Waals surface area (Å²) in [5, 5.41) is 4.60. The summed E-state index contributed by atoms with van der Waals surface area (Å²) in [6, 6.07) is 9.47. The van der Waals surface area contributed by atoms with E-state index < -0.39 is 0 Å². The van der Waals surface area contributed by atoms with Gasteiger partial charge < -0.3 is 10.1 Å². The largest absolute Gasteiger partial charge is 0.381 e. The molecule has 3 rings (SSSR count). The zero-order chi connectivity index (χ0) is 15.2. The number of ether oxygens (including phenoxy) is 1. The number of piperidine rings is 1. The number of likely N-dealkylation sites (tertiary alicyclic amines) is 1. The SMILES string of the molecule is Clc1ccc([C@H](CNC2CCOCC2)N2CCCCC2)cc1. The Morgan fingerprint density at radius 2 is 1.77 bits per heavy atom. The van der Waals surface area contributed by atoms with Crippen LogP contribution in [0.5, 0.6) is 0 Å². The minimum Gasteiger partial charge on any atom is -0.381 e. The van der Waals surface area contributed by atoms with Gasteiger partial charge in [0.1, 0.15) is 0 Å². The molecule has 0 spiro atoms. The lowest BCUT2D eigenvalue weighted by Crippen LogP contribution is -2.43. The molecule has 2 fully saturated rings. The lowest BCUT2D eigenvalue weighted by atomic mass is 10.0. The quantitative estimate of drug-likeness (QED) is 0.895. The van der Waals surface area contributed by atoms with Crippen LogP contribution in [0.25, 0.3) is 0 Å². The first-order valence-electron chi connectivity index (χ1n) is 8.63. The van der Waals surface area contributed by atoms with Crippen molar-refractivity contribution in [3.63, 3.8) is 0 Å². The van der Waals surface area contributed by atoms with Gasteiger partial charge in [-0.05, 0) is 56.5 Å². The lowest BCUT2D eigenvalue weighted by molar-refractivity contribution is 0.0737. The number of benzene rings is 1. The summed E-state index contributed by atoms with van der Waals surface area (Å²) >= 11 is 6.06. The summed E-state index contributed by atoms with van der Waals surface area (Å²) < 4.78 is 5.46. The number of halogens is 1. The minimum absolute atomic E-state index is 0.459. The van der Waals surface area contributed by atoms with Gasteiger partial charge in [0.25, 0.3) is 0 Å². The molecule has 1 N–H and O–H groups in total. The van der Waals surface area contributed by atoms with Crippen molar-refractivity contribution in [1.29, 1.82) is 0 Å². The van der Waals surface area contributed by atoms with Gasteiger partial charge in [-0.3, -0.25) is 4.90 Å². The Hall–Kier alpha value is -0.610. The van der Waals surface area contributed by atoms with E-state index in [9.17, 15) is 0 Å². The molecule has 0 bridgehead atoms.